The van der Waals surface area contributed by atoms with Crippen LogP contribution in [0.1, 0.15) is 36.3 Å². The quantitative estimate of drug-likeness (QED) is 0.715. The summed E-state index contributed by atoms with van der Waals surface area (Å²) in [7, 11) is 1.29. The molecule has 2 aliphatic heterocycles. The Morgan fingerprint density at radius 1 is 1.03 bits per heavy atom. The second kappa shape index (κ2) is 7.78. The van der Waals surface area contributed by atoms with E-state index in [1.54, 1.807) is 6.92 Å². The molecular weight excluding hydrogens is 382 g/mol. The molecule has 0 saturated carbocycles. The Hall–Kier alpha value is -3.41. The van der Waals surface area contributed by atoms with Crippen molar-refractivity contribution in [2.45, 2.75) is 30.7 Å². The summed E-state index contributed by atoms with van der Waals surface area (Å²) in [5.74, 6) is -2.50. The van der Waals surface area contributed by atoms with Crippen molar-refractivity contribution in [1.29, 1.82) is 0 Å². The molecule has 0 aromatic heterocycles. The van der Waals surface area contributed by atoms with E-state index in [-0.39, 0.29) is 24.5 Å². The molecular formula is C24H23NO5. The summed E-state index contributed by atoms with van der Waals surface area (Å²) in [4.78, 5) is 40.9. The van der Waals surface area contributed by atoms with Crippen LogP contribution in [0.15, 0.2) is 72.4 Å². The van der Waals surface area contributed by atoms with Crippen molar-refractivity contribution in [3.05, 3.63) is 83.6 Å². The molecule has 2 aromatic rings. The third kappa shape index (κ3) is 2.83. The molecule has 0 N–H and O–H groups in total. The molecule has 6 heteroatoms. The molecule has 0 aliphatic carbocycles. The van der Waals surface area contributed by atoms with Gasteiger partial charge in [0.15, 0.2) is 5.54 Å². The number of esters is 2. The normalized spacial score (nSPS) is 24.9. The zero-order valence-electron chi connectivity index (χ0n) is 16.9. The molecule has 154 valence electrons. The van der Waals surface area contributed by atoms with Crippen LogP contribution in [0.3, 0.4) is 0 Å². The number of benzene rings is 2. The fourth-order valence-corrected chi connectivity index (χ4v) is 4.80. The summed E-state index contributed by atoms with van der Waals surface area (Å²) >= 11 is 0. The number of amides is 1. The monoisotopic (exact) mass is 405 g/mol. The van der Waals surface area contributed by atoms with Crippen LogP contribution >= 0.6 is 0 Å². The summed E-state index contributed by atoms with van der Waals surface area (Å²) in [6, 6.07) is 18.7. The second-order valence-corrected chi connectivity index (χ2v) is 7.40. The summed E-state index contributed by atoms with van der Waals surface area (Å²) < 4.78 is 10.5. The van der Waals surface area contributed by atoms with Crippen molar-refractivity contribution >= 4 is 17.8 Å². The first-order valence-electron chi connectivity index (χ1n) is 9.95. The maximum Gasteiger partial charge on any atom is 0.335 e. The van der Waals surface area contributed by atoms with Gasteiger partial charge in [-0.15, -0.1) is 0 Å². The Balaban J connectivity index is 1.99. The predicted molar refractivity (Wildman–Crippen MR) is 109 cm³/mol. The van der Waals surface area contributed by atoms with Crippen LogP contribution in [-0.2, 0) is 23.9 Å². The lowest BCUT2D eigenvalue weighted by molar-refractivity contribution is -0.158. The smallest absolute Gasteiger partial charge is 0.335 e. The average molecular weight is 405 g/mol. The molecule has 2 heterocycles. The lowest BCUT2D eigenvalue weighted by atomic mass is 9.68. The van der Waals surface area contributed by atoms with E-state index in [1.165, 1.54) is 18.2 Å². The van der Waals surface area contributed by atoms with Crippen molar-refractivity contribution in [3.63, 3.8) is 0 Å². The van der Waals surface area contributed by atoms with E-state index >= 15 is 0 Å². The number of fused-ring (bicyclic) bond motifs is 1. The van der Waals surface area contributed by atoms with Crippen LogP contribution in [0, 0.1) is 0 Å². The highest BCUT2D eigenvalue weighted by Gasteiger charge is 2.68. The van der Waals surface area contributed by atoms with Gasteiger partial charge in [0.1, 0.15) is 0 Å². The van der Waals surface area contributed by atoms with Gasteiger partial charge in [-0.1, -0.05) is 60.7 Å². The molecule has 1 amide bonds. The van der Waals surface area contributed by atoms with E-state index in [1.807, 2.05) is 60.7 Å². The summed E-state index contributed by atoms with van der Waals surface area (Å²) in [5.41, 5.74) is 0.479. The van der Waals surface area contributed by atoms with Crippen LogP contribution < -0.4 is 0 Å². The molecule has 2 aromatic carbocycles. The topological polar surface area (TPSA) is 72.9 Å². The van der Waals surface area contributed by atoms with E-state index in [0.717, 1.165) is 11.1 Å². The molecule has 0 unspecified atom stereocenters. The molecule has 30 heavy (non-hydrogen) atoms. The summed E-state index contributed by atoms with van der Waals surface area (Å²) in [6.07, 6.45) is 1.63. The fourth-order valence-electron chi connectivity index (χ4n) is 4.80. The number of rotatable bonds is 5. The number of hydrogen-bond acceptors (Lipinski definition) is 5. The SMILES string of the molecule is CCOC(=O)[C@@]12[C@H](c3ccccc3)CC(=O)N1C=C(C(=O)OC)[C@H]2c1ccccc1. The van der Waals surface area contributed by atoms with Gasteiger partial charge in [0.05, 0.1) is 25.2 Å². The van der Waals surface area contributed by atoms with E-state index in [0.29, 0.717) is 0 Å². The minimum atomic E-state index is -1.39. The van der Waals surface area contributed by atoms with Gasteiger partial charge in [0.25, 0.3) is 0 Å². The zero-order chi connectivity index (χ0) is 21.3. The van der Waals surface area contributed by atoms with E-state index in [4.69, 9.17) is 9.47 Å². The Bertz CT molecular complexity index is 1000. The molecule has 1 fully saturated rings. The van der Waals surface area contributed by atoms with Gasteiger partial charge in [-0.2, -0.15) is 0 Å². The number of hydrogen-bond donors (Lipinski definition) is 0. The van der Waals surface area contributed by atoms with E-state index in [2.05, 4.69) is 0 Å². The van der Waals surface area contributed by atoms with Gasteiger partial charge in [-0.25, -0.2) is 9.59 Å². The van der Waals surface area contributed by atoms with Gasteiger partial charge < -0.3 is 9.47 Å². The highest BCUT2D eigenvalue weighted by atomic mass is 16.5. The summed E-state index contributed by atoms with van der Waals surface area (Å²) in [6.45, 7) is 1.90. The van der Waals surface area contributed by atoms with Gasteiger partial charge in [0.2, 0.25) is 5.91 Å². The first-order chi connectivity index (χ1) is 14.6. The molecule has 3 atom stereocenters. The average Bonchev–Trinajstić information content (AvgIpc) is 3.28. The van der Waals surface area contributed by atoms with Gasteiger partial charge in [-0.05, 0) is 18.1 Å². The van der Waals surface area contributed by atoms with Crippen molar-refractivity contribution in [2.75, 3.05) is 13.7 Å². The lowest BCUT2D eigenvalue weighted by Gasteiger charge is -2.40. The highest BCUT2D eigenvalue weighted by Crippen LogP contribution is 2.58. The molecule has 2 aliphatic rings. The van der Waals surface area contributed by atoms with Crippen LogP contribution in [0.4, 0.5) is 0 Å². The molecule has 0 bridgehead atoms. The maximum atomic E-state index is 13.6. The number of carbonyl (C=O) groups excluding carboxylic acids is 3. The number of ether oxygens (including phenoxy) is 2. The molecule has 6 nitrogen and oxygen atoms in total. The minimum Gasteiger partial charge on any atom is -0.466 e. The number of methoxy groups -OCH3 is 1. The third-order valence-electron chi connectivity index (χ3n) is 5.95. The van der Waals surface area contributed by atoms with Gasteiger partial charge in [-0.3, -0.25) is 9.69 Å². The van der Waals surface area contributed by atoms with Gasteiger partial charge in [0, 0.05) is 18.5 Å². The maximum absolute atomic E-state index is 13.6. The summed E-state index contributed by atoms with van der Waals surface area (Å²) in [5, 5.41) is 0. The minimum absolute atomic E-state index is 0.150. The number of carbonyl (C=O) groups is 3. The molecule has 1 saturated heterocycles. The first-order valence-corrected chi connectivity index (χ1v) is 9.95. The van der Waals surface area contributed by atoms with Crippen molar-refractivity contribution < 1.29 is 23.9 Å². The second-order valence-electron chi connectivity index (χ2n) is 7.40. The predicted octanol–water partition coefficient (Wildman–Crippen LogP) is 3.16. The number of nitrogens with zero attached hydrogens (tertiary/aromatic N) is 1. The Kier molecular flexibility index (Phi) is 5.16. The molecule has 4 rings (SSSR count). The van der Waals surface area contributed by atoms with Crippen LogP contribution in [0.25, 0.3) is 0 Å². The van der Waals surface area contributed by atoms with E-state index < -0.39 is 29.3 Å². The van der Waals surface area contributed by atoms with Crippen molar-refractivity contribution in [1.82, 2.24) is 4.90 Å². The lowest BCUT2D eigenvalue weighted by Crippen LogP contribution is -2.55. The first kappa shape index (κ1) is 19.9. The van der Waals surface area contributed by atoms with Crippen LogP contribution in [0.2, 0.25) is 0 Å². The van der Waals surface area contributed by atoms with Crippen molar-refractivity contribution in [2.24, 2.45) is 0 Å². The fraction of sp³-hybridized carbons (Fsp3) is 0.292. The van der Waals surface area contributed by atoms with Gasteiger partial charge >= 0.3 is 11.9 Å². The van der Waals surface area contributed by atoms with Crippen molar-refractivity contribution in [3.8, 4) is 0 Å². The highest BCUT2D eigenvalue weighted by molar-refractivity contribution is 6.03. The standard InChI is InChI=1S/C24H23NO5/c1-3-30-23(28)24-19(16-10-6-4-7-11-16)14-20(26)25(24)15-18(22(27)29-2)21(24)17-12-8-5-9-13-17/h4-13,15,19,21H,3,14H2,1-2H3/t19-,21+,24-/m0/s1. The van der Waals surface area contributed by atoms with E-state index in [9.17, 15) is 14.4 Å². The Labute approximate surface area is 175 Å². The Morgan fingerprint density at radius 3 is 2.20 bits per heavy atom. The molecule has 0 spiro atoms. The van der Waals surface area contributed by atoms with Crippen LogP contribution in [0.5, 0.6) is 0 Å². The Morgan fingerprint density at radius 2 is 1.63 bits per heavy atom. The third-order valence-corrected chi connectivity index (χ3v) is 5.95. The zero-order valence-corrected chi connectivity index (χ0v) is 16.9. The largest absolute Gasteiger partial charge is 0.466 e. The molecule has 0 radical (unpaired) electrons. The van der Waals surface area contributed by atoms with Crippen LogP contribution in [-0.4, -0.2) is 42.0 Å².